The smallest absolute Gasteiger partial charge is 0.101 e. The van der Waals surface area contributed by atoms with Gasteiger partial charge in [-0.1, -0.05) is 0 Å². The highest BCUT2D eigenvalue weighted by Gasteiger charge is 2.36. The number of hydrogen-bond donors (Lipinski definition) is 1. The van der Waals surface area contributed by atoms with E-state index in [1.54, 1.807) is 6.20 Å². The number of ether oxygens (including phenoxy) is 1. The van der Waals surface area contributed by atoms with E-state index in [9.17, 15) is 5.26 Å². The largest absolute Gasteiger partial charge is 0.370 e. The van der Waals surface area contributed by atoms with Crippen LogP contribution in [0.4, 0.5) is 5.69 Å². The Hall–Kier alpha value is -2.99. The van der Waals surface area contributed by atoms with Gasteiger partial charge in [0.1, 0.15) is 6.07 Å². The molecule has 2 saturated heterocycles. The van der Waals surface area contributed by atoms with Crippen molar-refractivity contribution in [2.24, 2.45) is 0 Å². The molecule has 0 radical (unpaired) electrons. The summed E-state index contributed by atoms with van der Waals surface area (Å²) in [6.45, 7) is 10.0. The maximum Gasteiger partial charge on any atom is 0.101 e. The lowest BCUT2D eigenvalue weighted by Gasteiger charge is -2.45. The van der Waals surface area contributed by atoms with Crippen molar-refractivity contribution in [3.05, 3.63) is 53.5 Å². The third-order valence-electron chi connectivity index (χ3n) is 7.45. The van der Waals surface area contributed by atoms with Gasteiger partial charge in [-0.25, -0.2) is 0 Å². The van der Waals surface area contributed by atoms with Gasteiger partial charge in [0.15, 0.2) is 0 Å². The van der Waals surface area contributed by atoms with E-state index >= 15 is 0 Å². The Kier molecular flexibility index (Phi) is 5.48. The highest BCUT2D eigenvalue weighted by Crippen LogP contribution is 2.32. The first kappa shape index (κ1) is 21.5. The topological polar surface area (TPSA) is 82.2 Å². The van der Waals surface area contributed by atoms with E-state index in [-0.39, 0.29) is 12.2 Å². The van der Waals surface area contributed by atoms with Crippen molar-refractivity contribution in [1.29, 1.82) is 5.26 Å². The first-order chi connectivity index (χ1) is 16.6. The van der Waals surface area contributed by atoms with Crippen LogP contribution >= 0.6 is 0 Å². The quantitative estimate of drug-likeness (QED) is 0.645. The lowest BCUT2D eigenvalue weighted by atomic mass is 10.0. The first-order valence-electron chi connectivity index (χ1n) is 12.3. The molecule has 3 aliphatic rings. The first-order valence-corrected chi connectivity index (χ1v) is 12.3. The SMILES string of the molecule is C[C@@H]1CN(c2ccc(C#N)c3ncccc23)C[C@H](CN2CC(n3ncc4c3[C@H](C)NCC4)C2)O1. The molecule has 2 fully saturated rings. The molecule has 34 heavy (non-hydrogen) atoms. The maximum atomic E-state index is 9.48. The van der Waals surface area contributed by atoms with Crippen LogP contribution in [0, 0.1) is 11.3 Å². The molecule has 1 N–H and O–H groups in total. The van der Waals surface area contributed by atoms with Gasteiger partial charge in [-0.05, 0) is 56.6 Å². The fourth-order valence-corrected chi connectivity index (χ4v) is 5.89. The number of nitriles is 1. The molecule has 3 aliphatic heterocycles. The molecular weight excluding hydrogens is 426 g/mol. The van der Waals surface area contributed by atoms with Crippen molar-refractivity contribution < 1.29 is 4.74 Å². The fourth-order valence-electron chi connectivity index (χ4n) is 5.89. The zero-order chi connectivity index (χ0) is 23.2. The third kappa shape index (κ3) is 3.74. The molecule has 176 valence electrons. The van der Waals surface area contributed by atoms with Gasteiger partial charge < -0.3 is 15.0 Å². The zero-order valence-electron chi connectivity index (χ0n) is 19.8. The summed E-state index contributed by atoms with van der Waals surface area (Å²) < 4.78 is 8.61. The molecule has 8 heteroatoms. The average Bonchev–Trinajstić information content (AvgIpc) is 3.25. The van der Waals surface area contributed by atoms with Crippen molar-refractivity contribution >= 4 is 16.6 Å². The number of morpholine rings is 1. The molecule has 3 atom stereocenters. The summed E-state index contributed by atoms with van der Waals surface area (Å²) >= 11 is 0. The highest BCUT2D eigenvalue weighted by molar-refractivity contribution is 5.95. The van der Waals surface area contributed by atoms with Gasteiger partial charge in [0, 0.05) is 56.0 Å². The van der Waals surface area contributed by atoms with Crippen LogP contribution in [0.1, 0.15) is 42.8 Å². The Labute approximate surface area is 200 Å². The molecule has 3 aromatic rings. The standard InChI is InChI=1S/C26H31N7O/c1-17-12-32(24-6-5-19(10-27)25-23(24)4-3-8-29-25)16-22(34-17)15-31-13-21(14-31)33-26-18(2)28-9-7-20(26)11-30-33/h3-6,8,11,17-18,21-22,28H,7,9,12-16H2,1-2H3/t17-,18+,22+/m1/s1. The molecule has 6 rings (SSSR count). The second-order valence-corrected chi connectivity index (χ2v) is 9.92. The molecule has 0 bridgehead atoms. The summed E-state index contributed by atoms with van der Waals surface area (Å²) in [6.07, 6.45) is 5.17. The van der Waals surface area contributed by atoms with Crippen LogP contribution in [0.5, 0.6) is 0 Å². The molecule has 0 amide bonds. The number of fused-ring (bicyclic) bond motifs is 2. The fraction of sp³-hybridized carbons (Fsp3) is 0.500. The van der Waals surface area contributed by atoms with Crippen molar-refractivity contribution in [2.75, 3.05) is 44.2 Å². The Balaban J connectivity index is 1.14. The summed E-state index contributed by atoms with van der Waals surface area (Å²) in [5.41, 5.74) is 5.29. The van der Waals surface area contributed by atoms with Crippen LogP contribution < -0.4 is 10.2 Å². The maximum absolute atomic E-state index is 9.48. The number of likely N-dealkylation sites (tertiary alicyclic amines) is 1. The predicted octanol–water partition coefficient (Wildman–Crippen LogP) is 2.66. The monoisotopic (exact) mass is 457 g/mol. The van der Waals surface area contributed by atoms with Crippen molar-refractivity contribution in [2.45, 2.75) is 44.6 Å². The van der Waals surface area contributed by atoms with Gasteiger partial charge in [0.05, 0.1) is 41.2 Å². The van der Waals surface area contributed by atoms with Crippen LogP contribution in [-0.2, 0) is 11.2 Å². The van der Waals surface area contributed by atoms with E-state index in [0.717, 1.165) is 62.3 Å². The number of nitrogens with one attached hydrogen (secondary N) is 1. The van der Waals surface area contributed by atoms with Crippen LogP contribution in [-0.4, -0.2) is 71.1 Å². The Bertz CT molecular complexity index is 1240. The predicted molar refractivity (Wildman–Crippen MR) is 131 cm³/mol. The Morgan fingerprint density at radius 2 is 2.06 bits per heavy atom. The number of hydrogen-bond acceptors (Lipinski definition) is 7. The van der Waals surface area contributed by atoms with Gasteiger partial charge in [0.25, 0.3) is 0 Å². The van der Waals surface area contributed by atoms with Gasteiger partial charge in [0.2, 0.25) is 0 Å². The normalized spacial score (nSPS) is 25.7. The lowest BCUT2D eigenvalue weighted by molar-refractivity contribution is -0.0492. The minimum absolute atomic E-state index is 0.138. The molecule has 0 aliphatic carbocycles. The Morgan fingerprint density at radius 1 is 1.18 bits per heavy atom. The molecule has 0 saturated carbocycles. The second kappa shape index (κ2) is 8.66. The van der Waals surface area contributed by atoms with Crippen LogP contribution in [0.2, 0.25) is 0 Å². The van der Waals surface area contributed by atoms with Crippen LogP contribution in [0.25, 0.3) is 10.9 Å². The number of rotatable bonds is 4. The summed E-state index contributed by atoms with van der Waals surface area (Å²) in [4.78, 5) is 9.37. The summed E-state index contributed by atoms with van der Waals surface area (Å²) in [5.74, 6) is 0. The summed E-state index contributed by atoms with van der Waals surface area (Å²) in [6, 6.07) is 11.0. The van der Waals surface area contributed by atoms with Gasteiger partial charge in [-0.3, -0.25) is 14.6 Å². The molecule has 8 nitrogen and oxygen atoms in total. The molecule has 0 spiro atoms. The van der Waals surface area contributed by atoms with Gasteiger partial charge in [-0.15, -0.1) is 0 Å². The molecular formula is C26H31N7O. The van der Waals surface area contributed by atoms with E-state index < -0.39 is 0 Å². The average molecular weight is 458 g/mol. The van der Waals surface area contributed by atoms with Crippen molar-refractivity contribution in [3.8, 4) is 6.07 Å². The number of aromatic nitrogens is 3. The molecule has 5 heterocycles. The van der Waals surface area contributed by atoms with Gasteiger partial charge in [-0.2, -0.15) is 10.4 Å². The second-order valence-electron chi connectivity index (χ2n) is 9.92. The van der Waals surface area contributed by atoms with E-state index in [0.29, 0.717) is 17.6 Å². The summed E-state index contributed by atoms with van der Waals surface area (Å²) in [5, 5.41) is 18.8. The molecule has 0 unspecified atom stereocenters. The summed E-state index contributed by atoms with van der Waals surface area (Å²) in [7, 11) is 0. The Morgan fingerprint density at radius 3 is 2.91 bits per heavy atom. The van der Waals surface area contributed by atoms with Crippen LogP contribution in [0.3, 0.4) is 0 Å². The van der Waals surface area contributed by atoms with E-state index in [4.69, 9.17) is 9.84 Å². The number of nitrogens with zero attached hydrogens (tertiary/aromatic N) is 6. The van der Waals surface area contributed by atoms with E-state index in [1.165, 1.54) is 11.3 Å². The molecule has 2 aromatic heterocycles. The van der Waals surface area contributed by atoms with E-state index in [2.05, 4.69) is 63.0 Å². The van der Waals surface area contributed by atoms with Crippen LogP contribution in [0.15, 0.2) is 36.7 Å². The zero-order valence-corrected chi connectivity index (χ0v) is 19.8. The molecule has 1 aromatic carbocycles. The minimum atomic E-state index is 0.138. The number of pyridine rings is 1. The van der Waals surface area contributed by atoms with Crippen molar-refractivity contribution in [1.82, 2.24) is 25.0 Å². The van der Waals surface area contributed by atoms with E-state index in [1.807, 2.05) is 12.1 Å². The van der Waals surface area contributed by atoms with Gasteiger partial charge >= 0.3 is 0 Å². The lowest BCUT2D eigenvalue weighted by Crippen LogP contribution is -2.56. The number of anilines is 1. The minimum Gasteiger partial charge on any atom is -0.370 e. The van der Waals surface area contributed by atoms with Crippen molar-refractivity contribution in [3.63, 3.8) is 0 Å². The third-order valence-corrected chi connectivity index (χ3v) is 7.45. The number of benzene rings is 1. The highest BCUT2D eigenvalue weighted by atomic mass is 16.5.